The van der Waals surface area contributed by atoms with Crippen molar-refractivity contribution < 1.29 is 4.79 Å². The SMILES string of the molecule is CSC1CCCC(NC(=O)c2ccc(NN)nc2)C1. The normalized spacial score (nSPS) is 22.8. The number of carbonyl (C=O) groups is 1. The molecule has 2 rings (SSSR count). The molecule has 19 heavy (non-hydrogen) atoms. The third-order valence-corrected chi connectivity index (χ3v) is 4.56. The lowest BCUT2D eigenvalue weighted by atomic mass is 9.95. The smallest absolute Gasteiger partial charge is 0.253 e. The van der Waals surface area contributed by atoms with Crippen molar-refractivity contribution in [3.05, 3.63) is 23.9 Å². The van der Waals surface area contributed by atoms with Crippen LogP contribution in [0.1, 0.15) is 36.0 Å². The number of aromatic nitrogens is 1. The van der Waals surface area contributed by atoms with Gasteiger partial charge in [-0.1, -0.05) is 6.42 Å². The van der Waals surface area contributed by atoms with Crippen LogP contribution in [0.4, 0.5) is 5.82 Å². The van der Waals surface area contributed by atoms with E-state index in [1.807, 2.05) is 11.8 Å². The van der Waals surface area contributed by atoms with Crippen LogP contribution >= 0.6 is 11.8 Å². The van der Waals surface area contributed by atoms with Gasteiger partial charge in [-0.15, -0.1) is 0 Å². The molecule has 1 amide bonds. The van der Waals surface area contributed by atoms with Crippen LogP contribution in [0.15, 0.2) is 18.3 Å². The Morgan fingerprint density at radius 3 is 2.95 bits per heavy atom. The molecular weight excluding hydrogens is 260 g/mol. The highest BCUT2D eigenvalue weighted by Gasteiger charge is 2.22. The first-order chi connectivity index (χ1) is 9.22. The Labute approximate surface area is 117 Å². The molecule has 104 valence electrons. The number of anilines is 1. The number of pyridine rings is 1. The molecule has 0 spiro atoms. The van der Waals surface area contributed by atoms with E-state index < -0.39 is 0 Å². The van der Waals surface area contributed by atoms with Crippen LogP contribution < -0.4 is 16.6 Å². The molecule has 0 aliphatic heterocycles. The van der Waals surface area contributed by atoms with Crippen molar-refractivity contribution in [2.24, 2.45) is 5.84 Å². The predicted octanol–water partition coefficient (Wildman–Crippen LogP) is 1.77. The number of nitrogens with two attached hydrogens (primary N) is 1. The maximum atomic E-state index is 12.1. The van der Waals surface area contributed by atoms with Gasteiger partial charge in [-0.3, -0.25) is 4.79 Å². The third kappa shape index (κ3) is 3.84. The lowest BCUT2D eigenvalue weighted by Crippen LogP contribution is -2.39. The Balaban J connectivity index is 1.92. The van der Waals surface area contributed by atoms with Gasteiger partial charge in [-0.2, -0.15) is 11.8 Å². The highest BCUT2D eigenvalue weighted by Crippen LogP contribution is 2.27. The summed E-state index contributed by atoms with van der Waals surface area (Å²) in [4.78, 5) is 16.1. The molecule has 2 atom stereocenters. The maximum Gasteiger partial charge on any atom is 0.253 e. The molecule has 5 nitrogen and oxygen atoms in total. The number of nitrogens with one attached hydrogen (secondary N) is 2. The molecule has 0 saturated heterocycles. The Morgan fingerprint density at radius 2 is 2.32 bits per heavy atom. The molecule has 1 heterocycles. The van der Waals surface area contributed by atoms with Gasteiger partial charge in [-0.05, 0) is 37.7 Å². The summed E-state index contributed by atoms with van der Waals surface area (Å²) in [5.41, 5.74) is 3.02. The van der Waals surface area contributed by atoms with Crippen LogP contribution in [0.5, 0.6) is 0 Å². The number of thioether (sulfide) groups is 1. The summed E-state index contributed by atoms with van der Waals surface area (Å²) in [5.74, 6) is 5.74. The van der Waals surface area contributed by atoms with E-state index in [1.165, 1.54) is 12.8 Å². The van der Waals surface area contributed by atoms with Crippen LogP contribution in [0.3, 0.4) is 0 Å². The molecule has 1 aliphatic rings. The van der Waals surface area contributed by atoms with Crippen molar-refractivity contribution in [2.45, 2.75) is 37.0 Å². The topological polar surface area (TPSA) is 80.0 Å². The molecule has 1 aromatic rings. The molecule has 1 saturated carbocycles. The number of nitrogens with zero attached hydrogens (tertiary/aromatic N) is 1. The van der Waals surface area contributed by atoms with Crippen LogP contribution in [-0.4, -0.2) is 28.4 Å². The number of hydrogen-bond acceptors (Lipinski definition) is 5. The minimum Gasteiger partial charge on any atom is -0.349 e. The number of hydrazine groups is 1. The third-order valence-electron chi connectivity index (χ3n) is 3.47. The van der Waals surface area contributed by atoms with Crippen molar-refractivity contribution in [3.8, 4) is 0 Å². The first-order valence-electron chi connectivity index (χ1n) is 6.49. The van der Waals surface area contributed by atoms with E-state index in [0.717, 1.165) is 12.8 Å². The lowest BCUT2D eigenvalue weighted by Gasteiger charge is -2.28. The minimum atomic E-state index is -0.0529. The van der Waals surface area contributed by atoms with E-state index in [-0.39, 0.29) is 11.9 Å². The van der Waals surface area contributed by atoms with Gasteiger partial charge in [0.25, 0.3) is 5.91 Å². The zero-order valence-electron chi connectivity index (χ0n) is 11.1. The molecule has 2 unspecified atom stereocenters. The van der Waals surface area contributed by atoms with Crippen molar-refractivity contribution in [3.63, 3.8) is 0 Å². The number of hydrogen-bond donors (Lipinski definition) is 3. The predicted molar refractivity (Wildman–Crippen MR) is 79.1 cm³/mol. The quantitative estimate of drug-likeness (QED) is 0.578. The monoisotopic (exact) mass is 280 g/mol. The average molecular weight is 280 g/mol. The van der Waals surface area contributed by atoms with E-state index in [4.69, 9.17) is 5.84 Å². The minimum absolute atomic E-state index is 0.0529. The fourth-order valence-electron chi connectivity index (χ4n) is 2.37. The molecule has 0 aromatic carbocycles. The number of amides is 1. The van der Waals surface area contributed by atoms with Crippen LogP contribution in [-0.2, 0) is 0 Å². The maximum absolute atomic E-state index is 12.1. The number of rotatable bonds is 4. The summed E-state index contributed by atoms with van der Waals surface area (Å²) in [6.45, 7) is 0. The van der Waals surface area contributed by atoms with Crippen molar-refractivity contribution in [1.29, 1.82) is 0 Å². The lowest BCUT2D eigenvalue weighted by molar-refractivity contribution is 0.0928. The number of carbonyl (C=O) groups excluding carboxylic acids is 1. The number of nitrogen functional groups attached to an aromatic ring is 1. The van der Waals surface area contributed by atoms with Gasteiger partial charge >= 0.3 is 0 Å². The van der Waals surface area contributed by atoms with E-state index in [1.54, 1.807) is 18.3 Å². The van der Waals surface area contributed by atoms with Crippen LogP contribution in [0.25, 0.3) is 0 Å². The standard InChI is InChI=1S/C13H20N4OS/c1-19-11-4-2-3-10(7-11)16-13(18)9-5-6-12(17-14)15-8-9/h5-6,8,10-11H,2-4,7,14H2,1H3,(H,15,17)(H,16,18). The van der Waals surface area contributed by atoms with E-state index in [2.05, 4.69) is 22.0 Å². The summed E-state index contributed by atoms with van der Waals surface area (Å²) in [6.07, 6.45) is 8.24. The Kier molecular flexibility index (Phi) is 5.04. The first-order valence-corrected chi connectivity index (χ1v) is 7.78. The fraction of sp³-hybridized carbons (Fsp3) is 0.538. The van der Waals surface area contributed by atoms with Gasteiger partial charge < -0.3 is 10.7 Å². The zero-order chi connectivity index (χ0) is 13.7. The molecule has 1 aliphatic carbocycles. The molecule has 1 aromatic heterocycles. The summed E-state index contributed by atoms with van der Waals surface area (Å²) < 4.78 is 0. The summed E-state index contributed by atoms with van der Waals surface area (Å²) in [5, 5.41) is 3.76. The molecule has 4 N–H and O–H groups in total. The highest BCUT2D eigenvalue weighted by atomic mass is 32.2. The molecule has 0 radical (unpaired) electrons. The van der Waals surface area contributed by atoms with E-state index in [9.17, 15) is 4.79 Å². The summed E-state index contributed by atoms with van der Waals surface area (Å²) in [7, 11) is 0. The van der Waals surface area contributed by atoms with Gasteiger partial charge in [0.15, 0.2) is 0 Å². The van der Waals surface area contributed by atoms with E-state index >= 15 is 0 Å². The van der Waals surface area contributed by atoms with Gasteiger partial charge in [0.2, 0.25) is 0 Å². The second-order valence-electron chi connectivity index (χ2n) is 4.77. The van der Waals surface area contributed by atoms with Gasteiger partial charge in [-0.25, -0.2) is 10.8 Å². The van der Waals surface area contributed by atoms with Gasteiger partial charge in [0.05, 0.1) is 5.56 Å². The summed E-state index contributed by atoms with van der Waals surface area (Å²) in [6, 6.07) is 3.71. The van der Waals surface area contributed by atoms with Crippen molar-refractivity contribution in [1.82, 2.24) is 10.3 Å². The van der Waals surface area contributed by atoms with Crippen molar-refractivity contribution >= 4 is 23.5 Å². The Hall–Kier alpha value is -1.27. The Morgan fingerprint density at radius 1 is 1.47 bits per heavy atom. The largest absolute Gasteiger partial charge is 0.349 e. The second kappa shape index (κ2) is 6.77. The second-order valence-corrected chi connectivity index (χ2v) is 5.91. The van der Waals surface area contributed by atoms with E-state index in [0.29, 0.717) is 16.6 Å². The van der Waals surface area contributed by atoms with Crippen molar-refractivity contribution in [2.75, 3.05) is 11.7 Å². The Bertz CT molecular complexity index is 423. The van der Waals surface area contributed by atoms with Gasteiger partial charge in [0, 0.05) is 17.5 Å². The fourth-order valence-corrected chi connectivity index (χ4v) is 3.20. The summed E-state index contributed by atoms with van der Waals surface area (Å²) >= 11 is 1.89. The highest BCUT2D eigenvalue weighted by molar-refractivity contribution is 7.99. The van der Waals surface area contributed by atoms with Gasteiger partial charge in [0.1, 0.15) is 5.82 Å². The zero-order valence-corrected chi connectivity index (χ0v) is 11.9. The van der Waals surface area contributed by atoms with Crippen LogP contribution in [0.2, 0.25) is 0 Å². The molecule has 0 bridgehead atoms. The average Bonchev–Trinajstić information content (AvgIpc) is 2.47. The van der Waals surface area contributed by atoms with Crippen LogP contribution in [0, 0.1) is 0 Å². The first kappa shape index (κ1) is 14.1. The molecule has 6 heteroatoms. The molecular formula is C13H20N4OS. The molecule has 1 fully saturated rings.